The molecule has 0 N–H and O–H groups in total. The smallest absolute Gasteiger partial charge is 0.305 e. The molecule has 0 radical (unpaired) electrons. The van der Waals surface area contributed by atoms with Gasteiger partial charge in [-0.05, 0) is 6.42 Å². The number of carbonyl (C=O) groups excluding carboxylic acids is 1. The van der Waals surface area contributed by atoms with Crippen molar-refractivity contribution in [2.24, 2.45) is 0 Å². The van der Waals surface area contributed by atoms with E-state index in [2.05, 4.69) is 14.7 Å². The van der Waals surface area contributed by atoms with E-state index in [0.29, 0.717) is 23.8 Å². The molecule has 0 saturated heterocycles. The first kappa shape index (κ1) is 12.9. The number of aromatic nitrogens is 2. The van der Waals surface area contributed by atoms with Gasteiger partial charge in [0.1, 0.15) is 11.0 Å². The molecule has 1 aromatic rings. The summed E-state index contributed by atoms with van der Waals surface area (Å²) < 4.78 is 4.55. The van der Waals surface area contributed by atoms with Crippen LogP contribution in [0.3, 0.4) is 0 Å². The number of carbonyl (C=O) groups is 1. The van der Waals surface area contributed by atoms with Crippen LogP contribution in [0.15, 0.2) is 6.20 Å². The summed E-state index contributed by atoms with van der Waals surface area (Å²) in [6, 6.07) is 0. The minimum Gasteiger partial charge on any atom is -0.469 e. The van der Waals surface area contributed by atoms with Gasteiger partial charge in [-0.15, -0.1) is 0 Å². The maximum absolute atomic E-state index is 11.0. The van der Waals surface area contributed by atoms with Crippen LogP contribution in [-0.2, 0) is 16.0 Å². The van der Waals surface area contributed by atoms with Gasteiger partial charge in [0.25, 0.3) is 0 Å². The molecule has 0 aliphatic heterocycles. The average molecular weight is 243 g/mol. The average Bonchev–Trinajstić information content (AvgIpc) is 2.26. The predicted molar refractivity (Wildman–Crippen MR) is 61.5 cm³/mol. The largest absolute Gasteiger partial charge is 0.469 e. The van der Waals surface area contributed by atoms with Crippen molar-refractivity contribution in [3.63, 3.8) is 0 Å². The Balaban J connectivity index is 2.72. The second-order valence-electron chi connectivity index (χ2n) is 3.78. The minimum atomic E-state index is -0.260. The van der Waals surface area contributed by atoms with Crippen LogP contribution in [0.4, 0.5) is 0 Å². The zero-order chi connectivity index (χ0) is 12.1. The molecule has 0 saturated carbocycles. The fraction of sp³-hybridized carbons (Fsp3) is 0.545. The summed E-state index contributed by atoms with van der Waals surface area (Å²) in [6.45, 7) is 4.00. The van der Waals surface area contributed by atoms with E-state index in [9.17, 15) is 4.79 Å². The number of hydrogen-bond acceptors (Lipinski definition) is 4. The summed E-state index contributed by atoms with van der Waals surface area (Å²) in [6.07, 6.45) is 2.47. The first-order chi connectivity index (χ1) is 7.54. The molecule has 0 spiro atoms. The standard InChI is InChI=1S/C11H15ClN2O2/c1-7(2)11-13-6-8(10(12)14-11)4-5-9(15)16-3/h6-7H,4-5H2,1-3H3. The van der Waals surface area contributed by atoms with E-state index in [1.807, 2.05) is 13.8 Å². The molecule has 0 bridgehead atoms. The quantitative estimate of drug-likeness (QED) is 0.601. The molecular weight excluding hydrogens is 228 g/mol. The number of nitrogens with zero attached hydrogens (tertiary/aromatic N) is 2. The number of ether oxygens (including phenoxy) is 1. The highest BCUT2D eigenvalue weighted by atomic mass is 35.5. The second-order valence-corrected chi connectivity index (χ2v) is 4.13. The van der Waals surface area contributed by atoms with Crippen molar-refractivity contribution in [1.29, 1.82) is 0 Å². The van der Waals surface area contributed by atoms with Gasteiger partial charge in [0.2, 0.25) is 0 Å². The lowest BCUT2D eigenvalue weighted by molar-refractivity contribution is -0.140. The number of methoxy groups -OCH3 is 1. The van der Waals surface area contributed by atoms with Crippen molar-refractivity contribution in [2.45, 2.75) is 32.6 Å². The van der Waals surface area contributed by atoms with E-state index in [4.69, 9.17) is 11.6 Å². The molecule has 0 atom stereocenters. The van der Waals surface area contributed by atoms with Crippen molar-refractivity contribution in [2.75, 3.05) is 7.11 Å². The van der Waals surface area contributed by atoms with Crippen LogP contribution in [0, 0.1) is 0 Å². The summed E-state index contributed by atoms with van der Waals surface area (Å²) in [5.74, 6) is 0.697. The van der Waals surface area contributed by atoms with Gasteiger partial charge in [-0.1, -0.05) is 25.4 Å². The van der Waals surface area contributed by atoms with Gasteiger partial charge in [-0.2, -0.15) is 0 Å². The number of aryl methyl sites for hydroxylation is 1. The molecule has 0 fully saturated rings. The fourth-order valence-electron chi connectivity index (χ4n) is 1.18. The lowest BCUT2D eigenvalue weighted by atomic mass is 10.1. The zero-order valence-electron chi connectivity index (χ0n) is 9.66. The van der Waals surface area contributed by atoms with Crippen LogP contribution < -0.4 is 0 Å². The molecule has 16 heavy (non-hydrogen) atoms. The van der Waals surface area contributed by atoms with E-state index >= 15 is 0 Å². The highest BCUT2D eigenvalue weighted by molar-refractivity contribution is 6.30. The third-order valence-electron chi connectivity index (χ3n) is 2.17. The molecule has 88 valence electrons. The van der Waals surface area contributed by atoms with Gasteiger partial charge in [0.05, 0.1) is 7.11 Å². The number of hydrogen-bond donors (Lipinski definition) is 0. The molecule has 1 aromatic heterocycles. The highest BCUT2D eigenvalue weighted by Crippen LogP contribution is 2.17. The van der Waals surface area contributed by atoms with Crippen molar-refractivity contribution in [1.82, 2.24) is 9.97 Å². The van der Waals surface area contributed by atoms with Gasteiger partial charge >= 0.3 is 5.97 Å². The lowest BCUT2D eigenvalue weighted by Crippen LogP contribution is -2.05. The Hall–Kier alpha value is -1.16. The summed E-state index contributed by atoms with van der Waals surface area (Å²) in [4.78, 5) is 19.3. The second kappa shape index (κ2) is 5.80. The molecule has 1 heterocycles. The first-order valence-corrected chi connectivity index (χ1v) is 5.50. The molecule has 1 rings (SSSR count). The maximum atomic E-state index is 11.0. The molecule has 0 aliphatic rings. The Morgan fingerprint density at radius 3 is 2.75 bits per heavy atom. The fourth-order valence-corrected chi connectivity index (χ4v) is 1.41. The summed E-state index contributed by atoms with van der Waals surface area (Å²) in [5.41, 5.74) is 0.775. The van der Waals surface area contributed by atoms with Crippen molar-refractivity contribution in [3.8, 4) is 0 Å². The maximum Gasteiger partial charge on any atom is 0.305 e. The predicted octanol–water partition coefficient (Wildman–Crippen LogP) is 2.36. The van der Waals surface area contributed by atoms with Crippen LogP contribution in [0.25, 0.3) is 0 Å². The molecule has 0 unspecified atom stereocenters. The van der Waals surface area contributed by atoms with E-state index in [0.717, 1.165) is 5.56 Å². The van der Waals surface area contributed by atoms with Crippen LogP contribution in [0.5, 0.6) is 0 Å². The minimum absolute atomic E-state index is 0.243. The van der Waals surface area contributed by atoms with Gasteiger partial charge in [0.15, 0.2) is 0 Å². The van der Waals surface area contributed by atoms with E-state index in [-0.39, 0.29) is 11.9 Å². The number of halogens is 1. The molecule has 5 heteroatoms. The van der Waals surface area contributed by atoms with Crippen LogP contribution in [0.2, 0.25) is 5.15 Å². The molecule has 4 nitrogen and oxygen atoms in total. The first-order valence-electron chi connectivity index (χ1n) is 5.12. The summed E-state index contributed by atoms with van der Waals surface area (Å²) in [7, 11) is 1.36. The van der Waals surface area contributed by atoms with Crippen molar-refractivity contribution in [3.05, 3.63) is 22.7 Å². The SMILES string of the molecule is COC(=O)CCc1cnc(C(C)C)nc1Cl. The molecule has 0 aliphatic carbocycles. The Labute approximate surface area is 100 Å². The lowest BCUT2D eigenvalue weighted by Gasteiger charge is -2.06. The van der Waals surface area contributed by atoms with E-state index in [1.54, 1.807) is 6.20 Å². The van der Waals surface area contributed by atoms with Crippen molar-refractivity contribution >= 4 is 17.6 Å². The summed E-state index contributed by atoms with van der Waals surface area (Å²) in [5, 5.41) is 0.419. The van der Waals surface area contributed by atoms with Gasteiger partial charge in [-0.3, -0.25) is 4.79 Å². The van der Waals surface area contributed by atoms with E-state index < -0.39 is 0 Å². The number of rotatable bonds is 4. The normalized spacial score (nSPS) is 10.6. The van der Waals surface area contributed by atoms with Crippen LogP contribution in [-0.4, -0.2) is 23.0 Å². The van der Waals surface area contributed by atoms with Crippen molar-refractivity contribution < 1.29 is 9.53 Å². The highest BCUT2D eigenvalue weighted by Gasteiger charge is 2.09. The van der Waals surface area contributed by atoms with Gasteiger partial charge < -0.3 is 4.74 Å². The zero-order valence-corrected chi connectivity index (χ0v) is 10.4. The Bertz CT molecular complexity index is 380. The molecular formula is C11H15ClN2O2. The molecule has 0 aromatic carbocycles. The number of esters is 1. The Morgan fingerprint density at radius 2 is 2.25 bits per heavy atom. The Kier molecular flexibility index (Phi) is 4.68. The molecule has 0 amide bonds. The summed E-state index contributed by atoms with van der Waals surface area (Å²) >= 11 is 6.00. The third-order valence-corrected chi connectivity index (χ3v) is 2.50. The van der Waals surface area contributed by atoms with Crippen LogP contribution >= 0.6 is 11.6 Å². The van der Waals surface area contributed by atoms with E-state index in [1.165, 1.54) is 7.11 Å². The van der Waals surface area contributed by atoms with Gasteiger partial charge in [0, 0.05) is 24.1 Å². The Morgan fingerprint density at radius 1 is 1.56 bits per heavy atom. The topological polar surface area (TPSA) is 52.1 Å². The van der Waals surface area contributed by atoms with Gasteiger partial charge in [-0.25, -0.2) is 9.97 Å². The van der Waals surface area contributed by atoms with Crippen LogP contribution in [0.1, 0.15) is 37.6 Å². The monoisotopic (exact) mass is 242 g/mol. The third kappa shape index (κ3) is 3.45.